The minimum absolute atomic E-state index is 0.0980. The summed E-state index contributed by atoms with van der Waals surface area (Å²) >= 11 is 0. The van der Waals surface area contributed by atoms with E-state index in [0.717, 1.165) is 12.6 Å². The molecule has 0 amide bonds. The van der Waals surface area contributed by atoms with Gasteiger partial charge in [-0.3, -0.25) is 0 Å². The van der Waals surface area contributed by atoms with Crippen molar-refractivity contribution < 1.29 is 9.59 Å². The van der Waals surface area contributed by atoms with Gasteiger partial charge in [-0.1, -0.05) is 21.6 Å². The van der Waals surface area contributed by atoms with Crippen LogP contribution in [0.3, 0.4) is 0 Å². The van der Waals surface area contributed by atoms with E-state index in [1.54, 1.807) is 7.05 Å². The number of carbonyl (C=O) groups is 2. The summed E-state index contributed by atoms with van der Waals surface area (Å²) in [4.78, 5) is 20.1. The van der Waals surface area contributed by atoms with E-state index in [9.17, 15) is 9.59 Å². The number of nitrogens with one attached hydrogen (secondary N) is 1. The topological polar surface area (TPSA) is 46.2 Å². The molecule has 0 aliphatic heterocycles. The molecular weight excluding hydrogens is 182 g/mol. The molecule has 0 radical (unpaired) electrons. The highest BCUT2D eigenvalue weighted by Gasteiger charge is 2.02. The highest BCUT2D eigenvalue weighted by Crippen LogP contribution is 2.19. The first-order valence-corrected chi connectivity index (χ1v) is 5.64. The van der Waals surface area contributed by atoms with Gasteiger partial charge in [0.15, 0.2) is 0 Å². The lowest BCUT2D eigenvalue weighted by molar-refractivity contribution is -0.109. The molecule has 1 unspecified atom stereocenters. The van der Waals surface area contributed by atoms with Crippen LogP contribution < -0.4 is 5.32 Å². The summed E-state index contributed by atoms with van der Waals surface area (Å²) in [5.74, 6) is 1.19. The Kier molecular flexibility index (Phi) is 8.10. The molecule has 1 atom stereocenters. The number of carbonyl (C=O) groups excluding carboxylic acids is 2. The molecule has 0 aromatic heterocycles. The Hall–Kier alpha value is -0.0000000000000000555. The molecule has 0 bridgehead atoms. The maximum atomic E-state index is 10.2. The molecule has 11 heavy (non-hydrogen) atoms. The maximum absolute atomic E-state index is 10.2. The van der Waals surface area contributed by atoms with Crippen molar-refractivity contribution >= 4 is 34.2 Å². The minimum atomic E-state index is -0.0980. The van der Waals surface area contributed by atoms with Crippen LogP contribution in [0.1, 0.15) is 0 Å². The van der Waals surface area contributed by atoms with Gasteiger partial charge in [-0.25, -0.2) is 0 Å². The van der Waals surface area contributed by atoms with E-state index in [4.69, 9.17) is 0 Å². The van der Waals surface area contributed by atoms with Gasteiger partial charge in [0.05, 0.1) is 11.8 Å². The summed E-state index contributed by atoms with van der Waals surface area (Å²) in [6.07, 6.45) is 1.72. The molecule has 0 aliphatic rings. The van der Waals surface area contributed by atoms with Crippen LogP contribution in [0.5, 0.6) is 0 Å². The van der Waals surface area contributed by atoms with Crippen molar-refractivity contribution in [3.8, 4) is 0 Å². The van der Waals surface area contributed by atoms with Crippen molar-refractivity contribution in [2.45, 2.75) is 6.04 Å². The summed E-state index contributed by atoms with van der Waals surface area (Å²) in [6.45, 7) is 0. The minimum Gasteiger partial charge on any atom is -0.310 e. The zero-order chi connectivity index (χ0) is 8.53. The van der Waals surface area contributed by atoms with E-state index in [2.05, 4.69) is 5.32 Å². The van der Waals surface area contributed by atoms with Crippen LogP contribution in [-0.2, 0) is 9.59 Å². The van der Waals surface area contributed by atoms with Gasteiger partial charge in [0.25, 0.3) is 0 Å². The molecule has 0 heterocycles. The lowest BCUT2D eigenvalue weighted by Gasteiger charge is -2.05. The number of aldehydes is 2. The zero-order valence-corrected chi connectivity index (χ0v) is 7.91. The van der Waals surface area contributed by atoms with Gasteiger partial charge in [-0.05, 0) is 7.05 Å². The van der Waals surface area contributed by atoms with E-state index in [1.165, 1.54) is 21.6 Å². The van der Waals surface area contributed by atoms with E-state index >= 15 is 0 Å². The average Bonchev–Trinajstić information content (AvgIpc) is 2.05. The van der Waals surface area contributed by atoms with E-state index in [1.807, 2.05) is 0 Å². The summed E-state index contributed by atoms with van der Waals surface area (Å²) in [6, 6.07) is -0.0980. The van der Waals surface area contributed by atoms with Crippen LogP contribution in [0.2, 0.25) is 0 Å². The van der Waals surface area contributed by atoms with Crippen LogP contribution in [0.25, 0.3) is 0 Å². The third-order valence-electron chi connectivity index (χ3n) is 1.00. The number of hydrogen-bond donors (Lipinski definition) is 1. The second-order valence-corrected chi connectivity index (χ2v) is 4.32. The van der Waals surface area contributed by atoms with Crippen molar-refractivity contribution in [3.05, 3.63) is 0 Å². The molecule has 0 rings (SSSR count). The maximum Gasteiger partial charge on any atom is 0.137 e. The second-order valence-electron chi connectivity index (χ2n) is 1.77. The second kappa shape index (κ2) is 8.10. The summed E-state index contributed by atoms with van der Waals surface area (Å²) in [5.41, 5.74) is 0. The highest BCUT2D eigenvalue weighted by molar-refractivity contribution is 8.76. The number of hydrogen-bond acceptors (Lipinski definition) is 5. The van der Waals surface area contributed by atoms with Gasteiger partial charge < -0.3 is 14.9 Å². The largest absolute Gasteiger partial charge is 0.310 e. The van der Waals surface area contributed by atoms with Gasteiger partial charge in [0.2, 0.25) is 0 Å². The van der Waals surface area contributed by atoms with Gasteiger partial charge >= 0.3 is 0 Å². The Morgan fingerprint density at radius 1 is 1.45 bits per heavy atom. The fourth-order valence-corrected chi connectivity index (χ4v) is 2.21. The van der Waals surface area contributed by atoms with Gasteiger partial charge in [0, 0.05) is 5.75 Å². The number of likely N-dealkylation sites (N-methyl/N-ethyl adjacent to an activating group) is 1. The van der Waals surface area contributed by atoms with Crippen molar-refractivity contribution in [3.63, 3.8) is 0 Å². The molecule has 0 saturated heterocycles. The van der Waals surface area contributed by atoms with Gasteiger partial charge in [-0.15, -0.1) is 0 Å². The lowest BCUT2D eigenvalue weighted by Crippen LogP contribution is -2.28. The smallest absolute Gasteiger partial charge is 0.137 e. The molecule has 3 nitrogen and oxygen atoms in total. The summed E-state index contributed by atoms with van der Waals surface area (Å²) < 4.78 is 0. The molecular formula is C6H11NO2S2. The molecule has 0 saturated carbocycles. The Morgan fingerprint density at radius 3 is 2.64 bits per heavy atom. The first-order chi connectivity index (χ1) is 5.35. The Labute approximate surface area is 74.1 Å². The predicted octanol–water partition coefficient (Wildman–Crippen LogP) is 0.354. The first-order valence-electron chi connectivity index (χ1n) is 3.15. The molecule has 0 aliphatic carbocycles. The Morgan fingerprint density at radius 2 is 2.18 bits per heavy atom. The quantitative estimate of drug-likeness (QED) is 0.359. The molecule has 0 fully saturated rings. The Bertz CT molecular complexity index is 121. The van der Waals surface area contributed by atoms with Crippen molar-refractivity contribution in [1.29, 1.82) is 0 Å². The van der Waals surface area contributed by atoms with Crippen molar-refractivity contribution in [2.24, 2.45) is 0 Å². The van der Waals surface area contributed by atoms with Gasteiger partial charge in [-0.2, -0.15) is 0 Å². The van der Waals surface area contributed by atoms with Gasteiger partial charge in [0.1, 0.15) is 12.6 Å². The molecule has 0 spiro atoms. The van der Waals surface area contributed by atoms with Crippen molar-refractivity contribution in [1.82, 2.24) is 5.32 Å². The third kappa shape index (κ3) is 6.40. The van der Waals surface area contributed by atoms with Crippen LogP contribution in [-0.4, -0.2) is 37.2 Å². The average molecular weight is 193 g/mol. The molecule has 64 valence electrons. The SMILES string of the molecule is CNC(C=O)CSSCC=O. The van der Waals surface area contributed by atoms with Crippen LogP contribution in [0.15, 0.2) is 0 Å². The third-order valence-corrected chi connectivity index (χ3v) is 3.25. The lowest BCUT2D eigenvalue weighted by atomic mass is 10.4. The molecule has 1 N–H and O–H groups in total. The van der Waals surface area contributed by atoms with E-state index in [0.29, 0.717) is 11.5 Å². The summed E-state index contributed by atoms with van der Waals surface area (Å²) in [5, 5.41) is 2.84. The van der Waals surface area contributed by atoms with E-state index in [-0.39, 0.29) is 6.04 Å². The standard InChI is InChI=1S/C6H11NO2S2/c1-7-6(4-9)5-11-10-3-2-8/h2,4,6-7H,3,5H2,1H3. The zero-order valence-electron chi connectivity index (χ0n) is 6.28. The predicted molar refractivity (Wildman–Crippen MR) is 49.9 cm³/mol. The summed E-state index contributed by atoms with van der Waals surface area (Å²) in [7, 11) is 4.73. The molecule has 0 aromatic carbocycles. The first kappa shape index (κ1) is 11.0. The monoisotopic (exact) mass is 193 g/mol. The number of rotatable bonds is 7. The van der Waals surface area contributed by atoms with Crippen LogP contribution in [0, 0.1) is 0 Å². The highest BCUT2D eigenvalue weighted by atomic mass is 33.1. The van der Waals surface area contributed by atoms with Crippen molar-refractivity contribution in [2.75, 3.05) is 18.6 Å². The van der Waals surface area contributed by atoms with Crippen LogP contribution >= 0.6 is 21.6 Å². The molecule has 5 heteroatoms. The molecule has 0 aromatic rings. The van der Waals surface area contributed by atoms with Crippen LogP contribution in [0.4, 0.5) is 0 Å². The Balaban J connectivity index is 3.20. The fraction of sp³-hybridized carbons (Fsp3) is 0.667. The normalized spacial score (nSPS) is 12.5. The fourth-order valence-electron chi connectivity index (χ4n) is 0.388. The van der Waals surface area contributed by atoms with E-state index < -0.39 is 0 Å².